The molecule has 2 N–H and O–H groups in total. The predicted molar refractivity (Wildman–Crippen MR) is 70.2 cm³/mol. The lowest BCUT2D eigenvalue weighted by Crippen LogP contribution is -2.32. The van der Waals surface area contributed by atoms with Gasteiger partial charge >= 0.3 is 0 Å². The average molecular weight is 253 g/mol. The van der Waals surface area contributed by atoms with E-state index in [4.69, 9.17) is 17.3 Å². The van der Waals surface area contributed by atoms with Crippen LogP contribution in [0.2, 0.25) is 5.02 Å². The molecule has 1 aromatic rings. The largest absolute Gasteiger partial charge is 0.397 e. The van der Waals surface area contributed by atoms with E-state index in [1.807, 2.05) is 4.90 Å². The molecule has 92 valence electrons. The minimum atomic E-state index is 0.00639. The molecule has 3 nitrogen and oxygen atoms in total. The molecule has 1 saturated heterocycles. The lowest BCUT2D eigenvalue weighted by molar-refractivity contribution is 0.0762. The van der Waals surface area contributed by atoms with E-state index in [1.54, 1.807) is 18.2 Å². The van der Waals surface area contributed by atoms with Crippen LogP contribution < -0.4 is 5.73 Å². The Morgan fingerprint density at radius 1 is 1.18 bits per heavy atom. The van der Waals surface area contributed by atoms with Gasteiger partial charge in [-0.25, -0.2) is 0 Å². The molecule has 1 fully saturated rings. The number of carbonyl (C=O) groups excluding carboxylic acids is 1. The maximum atomic E-state index is 12.3. The molecule has 0 bridgehead atoms. The average Bonchev–Trinajstić information content (AvgIpc) is 2.60. The number of nitrogens with zero attached hydrogens (tertiary/aromatic N) is 1. The molecule has 1 aromatic carbocycles. The standard InChI is InChI=1S/C13H17ClN2O/c14-11-7-5-6-10(12(11)15)13(17)16-8-3-1-2-4-9-16/h5-7H,1-4,8-9,15H2. The van der Waals surface area contributed by atoms with Crippen molar-refractivity contribution in [2.45, 2.75) is 25.7 Å². The first kappa shape index (κ1) is 12.2. The topological polar surface area (TPSA) is 46.3 Å². The van der Waals surface area contributed by atoms with Gasteiger partial charge in [-0.2, -0.15) is 0 Å². The molecule has 1 amide bonds. The molecule has 0 radical (unpaired) electrons. The number of hydrogen-bond donors (Lipinski definition) is 1. The van der Waals surface area contributed by atoms with Crippen LogP contribution in [0.25, 0.3) is 0 Å². The molecule has 1 aliphatic heterocycles. The maximum Gasteiger partial charge on any atom is 0.255 e. The fourth-order valence-corrected chi connectivity index (χ4v) is 2.34. The number of halogens is 1. The molecule has 0 saturated carbocycles. The minimum Gasteiger partial charge on any atom is -0.397 e. The summed E-state index contributed by atoms with van der Waals surface area (Å²) in [5, 5.41) is 0.450. The number of anilines is 1. The van der Waals surface area contributed by atoms with Gasteiger partial charge in [0.1, 0.15) is 0 Å². The first-order chi connectivity index (χ1) is 8.20. The molecule has 4 heteroatoms. The molecule has 0 aromatic heterocycles. The van der Waals surface area contributed by atoms with Crippen molar-refractivity contribution in [1.82, 2.24) is 4.90 Å². The second-order valence-corrected chi connectivity index (χ2v) is 4.81. The minimum absolute atomic E-state index is 0.00639. The van der Waals surface area contributed by atoms with Crippen molar-refractivity contribution in [3.8, 4) is 0 Å². The van der Waals surface area contributed by atoms with Gasteiger partial charge in [0.15, 0.2) is 0 Å². The van der Waals surface area contributed by atoms with Crippen molar-refractivity contribution >= 4 is 23.2 Å². The van der Waals surface area contributed by atoms with Crippen molar-refractivity contribution in [3.05, 3.63) is 28.8 Å². The summed E-state index contributed by atoms with van der Waals surface area (Å²) in [6.07, 6.45) is 4.56. The van der Waals surface area contributed by atoms with Crippen LogP contribution in [-0.4, -0.2) is 23.9 Å². The smallest absolute Gasteiger partial charge is 0.255 e. The van der Waals surface area contributed by atoms with Crippen molar-refractivity contribution in [2.24, 2.45) is 0 Å². The number of benzene rings is 1. The number of amides is 1. The van der Waals surface area contributed by atoms with Gasteiger partial charge in [-0.15, -0.1) is 0 Å². The Bertz CT molecular complexity index is 412. The quantitative estimate of drug-likeness (QED) is 0.781. The van der Waals surface area contributed by atoms with Gasteiger partial charge < -0.3 is 10.6 Å². The highest BCUT2D eigenvalue weighted by molar-refractivity contribution is 6.33. The summed E-state index contributed by atoms with van der Waals surface area (Å²) in [5.41, 5.74) is 6.77. The van der Waals surface area contributed by atoms with Crippen LogP contribution in [0.4, 0.5) is 5.69 Å². The predicted octanol–water partition coefficient (Wildman–Crippen LogP) is 2.94. The Morgan fingerprint density at radius 2 is 1.82 bits per heavy atom. The van der Waals surface area contributed by atoms with Gasteiger partial charge in [0.2, 0.25) is 0 Å². The van der Waals surface area contributed by atoms with Gasteiger partial charge in [0.25, 0.3) is 5.91 Å². The molecule has 1 heterocycles. The lowest BCUT2D eigenvalue weighted by atomic mass is 10.1. The van der Waals surface area contributed by atoms with Crippen LogP contribution in [0.15, 0.2) is 18.2 Å². The number of carbonyl (C=O) groups is 1. The molecular formula is C13H17ClN2O. The third-order valence-corrected chi connectivity index (χ3v) is 3.51. The zero-order valence-corrected chi connectivity index (χ0v) is 10.5. The number of nitrogens with two attached hydrogens (primary N) is 1. The summed E-state index contributed by atoms with van der Waals surface area (Å²) in [5.74, 6) is 0.00639. The third-order valence-electron chi connectivity index (χ3n) is 3.18. The van der Waals surface area contributed by atoms with E-state index in [0.29, 0.717) is 16.3 Å². The molecule has 0 aliphatic carbocycles. The van der Waals surface area contributed by atoms with Crippen molar-refractivity contribution in [3.63, 3.8) is 0 Å². The summed E-state index contributed by atoms with van der Waals surface area (Å²) in [4.78, 5) is 14.2. The lowest BCUT2D eigenvalue weighted by Gasteiger charge is -2.21. The SMILES string of the molecule is Nc1c(Cl)cccc1C(=O)N1CCCCCC1. The Balaban J connectivity index is 2.20. The molecular weight excluding hydrogens is 236 g/mol. The fraction of sp³-hybridized carbons (Fsp3) is 0.462. The van der Waals surface area contributed by atoms with Crippen molar-refractivity contribution in [1.29, 1.82) is 0 Å². The first-order valence-electron chi connectivity index (χ1n) is 6.03. The second kappa shape index (κ2) is 5.41. The van der Waals surface area contributed by atoms with E-state index >= 15 is 0 Å². The summed E-state index contributed by atoms with van der Waals surface area (Å²) < 4.78 is 0. The monoisotopic (exact) mass is 252 g/mol. The Hall–Kier alpha value is -1.22. The number of hydrogen-bond acceptors (Lipinski definition) is 2. The van der Waals surface area contributed by atoms with Crippen LogP contribution in [0.1, 0.15) is 36.0 Å². The van der Waals surface area contributed by atoms with Crippen LogP contribution in [-0.2, 0) is 0 Å². The normalized spacial score (nSPS) is 16.6. The van der Waals surface area contributed by atoms with Crippen LogP contribution >= 0.6 is 11.6 Å². The molecule has 2 rings (SSSR count). The first-order valence-corrected chi connectivity index (χ1v) is 6.41. The van der Waals surface area contributed by atoms with Crippen molar-refractivity contribution < 1.29 is 4.79 Å². The van der Waals surface area contributed by atoms with Crippen LogP contribution in [0.3, 0.4) is 0 Å². The van der Waals surface area contributed by atoms with Gasteiger partial charge in [-0.1, -0.05) is 30.5 Å². The van der Waals surface area contributed by atoms with E-state index in [0.717, 1.165) is 25.9 Å². The summed E-state index contributed by atoms with van der Waals surface area (Å²) in [6, 6.07) is 5.22. The number of nitrogen functional groups attached to an aromatic ring is 1. The molecule has 0 spiro atoms. The summed E-state index contributed by atoms with van der Waals surface area (Å²) in [7, 11) is 0. The van der Waals surface area contributed by atoms with E-state index in [-0.39, 0.29) is 5.91 Å². The van der Waals surface area contributed by atoms with Gasteiger partial charge in [-0.3, -0.25) is 4.79 Å². The Morgan fingerprint density at radius 3 is 2.47 bits per heavy atom. The summed E-state index contributed by atoms with van der Waals surface area (Å²) >= 11 is 5.93. The van der Waals surface area contributed by atoms with Gasteiger partial charge in [0.05, 0.1) is 16.3 Å². The maximum absolute atomic E-state index is 12.3. The number of para-hydroxylation sites is 1. The van der Waals surface area contributed by atoms with E-state index in [1.165, 1.54) is 12.8 Å². The molecule has 17 heavy (non-hydrogen) atoms. The van der Waals surface area contributed by atoms with Gasteiger partial charge in [0, 0.05) is 13.1 Å². The zero-order chi connectivity index (χ0) is 12.3. The van der Waals surface area contributed by atoms with Crippen LogP contribution in [0, 0.1) is 0 Å². The Labute approximate surface area is 107 Å². The molecule has 0 atom stereocenters. The van der Waals surface area contributed by atoms with Gasteiger partial charge in [-0.05, 0) is 25.0 Å². The number of rotatable bonds is 1. The van der Waals surface area contributed by atoms with E-state index in [9.17, 15) is 4.79 Å². The van der Waals surface area contributed by atoms with Crippen molar-refractivity contribution in [2.75, 3.05) is 18.8 Å². The second-order valence-electron chi connectivity index (χ2n) is 4.41. The highest BCUT2D eigenvalue weighted by Gasteiger charge is 2.19. The van der Waals surface area contributed by atoms with E-state index in [2.05, 4.69) is 0 Å². The summed E-state index contributed by atoms with van der Waals surface area (Å²) in [6.45, 7) is 1.65. The van der Waals surface area contributed by atoms with Crippen LogP contribution in [0.5, 0.6) is 0 Å². The number of likely N-dealkylation sites (tertiary alicyclic amines) is 1. The fourth-order valence-electron chi connectivity index (χ4n) is 2.17. The Kier molecular flexibility index (Phi) is 3.89. The highest BCUT2D eigenvalue weighted by atomic mass is 35.5. The molecule has 1 aliphatic rings. The third kappa shape index (κ3) is 2.72. The van der Waals surface area contributed by atoms with E-state index < -0.39 is 0 Å². The zero-order valence-electron chi connectivity index (χ0n) is 9.79. The highest BCUT2D eigenvalue weighted by Crippen LogP contribution is 2.24. The molecule has 0 unspecified atom stereocenters.